The van der Waals surface area contributed by atoms with Crippen molar-refractivity contribution in [2.24, 2.45) is 0 Å². The van der Waals surface area contributed by atoms with Gasteiger partial charge in [0.15, 0.2) is 0 Å². The van der Waals surface area contributed by atoms with Gasteiger partial charge in [0.2, 0.25) is 0 Å². The molecule has 0 saturated heterocycles. The van der Waals surface area contributed by atoms with Gasteiger partial charge in [0.25, 0.3) is 5.69 Å². The largest absolute Gasteiger partial charge is 0.394 e. The van der Waals surface area contributed by atoms with E-state index in [1.165, 1.54) is 12.1 Å². The third-order valence-electron chi connectivity index (χ3n) is 2.95. The minimum absolute atomic E-state index is 0.167. The molecule has 0 saturated carbocycles. The average molecular weight is 365 g/mol. The number of aryl methyl sites for hydroxylation is 1. The summed E-state index contributed by atoms with van der Waals surface area (Å²) in [6, 6.07) is 2.87. The second-order valence-electron chi connectivity index (χ2n) is 4.56. The van der Waals surface area contributed by atoms with Gasteiger partial charge in [-0.1, -0.05) is 15.9 Å². The van der Waals surface area contributed by atoms with Crippen LogP contribution in [-0.4, -0.2) is 56.8 Å². The molecule has 8 nitrogen and oxygen atoms in total. The molecule has 1 aromatic carbocycles. The summed E-state index contributed by atoms with van der Waals surface area (Å²) in [6.07, 6.45) is -4.44. The quantitative estimate of drug-likeness (QED) is 0.343. The molecule has 3 atom stereocenters. The number of hydrogen-bond acceptors (Lipinski definition) is 7. The molecule has 0 unspecified atom stereocenters. The van der Waals surface area contributed by atoms with E-state index in [-0.39, 0.29) is 17.9 Å². The minimum atomic E-state index is -1.56. The maximum Gasteiger partial charge on any atom is 0.292 e. The summed E-state index contributed by atoms with van der Waals surface area (Å²) in [7, 11) is 0. The number of aliphatic hydroxyl groups excluding tert-OH is 4. The zero-order chi connectivity index (χ0) is 16.2. The highest BCUT2D eigenvalue weighted by Crippen LogP contribution is 2.31. The lowest BCUT2D eigenvalue weighted by Gasteiger charge is -2.22. The maximum atomic E-state index is 11.0. The fourth-order valence-corrected chi connectivity index (χ4v) is 2.00. The van der Waals surface area contributed by atoms with Crippen LogP contribution in [0.4, 0.5) is 11.4 Å². The normalized spacial score (nSPS) is 15.3. The summed E-state index contributed by atoms with van der Waals surface area (Å²) in [5.74, 6) is 0. The first-order valence-electron chi connectivity index (χ1n) is 6.11. The van der Waals surface area contributed by atoms with Gasteiger partial charge in [0.1, 0.15) is 17.9 Å². The lowest BCUT2D eigenvalue weighted by molar-refractivity contribution is -0.384. The number of nitro groups is 1. The van der Waals surface area contributed by atoms with Crippen LogP contribution in [0.2, 0.25) is 0 Å². The Labute approximate surface area is 129 Å². The number of nitrogens with zero attached hydrogens (tertiary/aromatic N) is 1. The molecule has 0 radical (unpaired) electrons. The second kappa shape index (κ2) is 7.66. The van der Waals surface area contributed by atoms with E-state index in [0.29, 0.717) is 10.0 Å². The highest BCUT2D eigenvalue weighted by molar-refractivity contribution is 9.10. The molecule has 0 spiro atoms. The number of nitro benzene ring substituents is 1. The topological polar surface area (TPSA) is 136 Å². The van der Waals surface area contributed by atoms with Crippen LogP contribution in [0.3, 0.4) is 0 Å². The van der Waals surface area contributed by atoms with Crippen molar-refractivity contribution in [1.82, 2.24) is 0 Å². The van der Waals surface area contributed by atoms with Crippen LogP contribution in [0, 0.1) is 17.0 Å². The molecule has 0 aliphatic carbocycles. The van der Waals surface area contributed by atoms with Crippen molar-refractivity contribution in [3.63, 3.8) is 0 Å². The van der Waals surface area contributed by atoms with E-state index in [1.54, 1.807) is 6.92 Å². The summed E-state index contributed by atoms with van der Waals surface area (Å²) in [6.45, 7) is 0.778. The van der Waals surface area contributed by atoms with Gasteiger partial charge in [0, 0.05) is 17.1 Å². The van der Waals surface area contributed by atoms with E-state index in [0.717, 1.165) is 0 Å². The van der Waals surface area contributed by atoms with E-state index < -0.39 is 29.8 Å². The third-order valence-corrected chi connectivity index (χ3v) is 3.81. The van der Waals surface area contributed by atoms with E-state index >= 15 is 0 Å². The number of hydrogen-bond donors (Lipinski definition) is 5. The lowest BCUT2D eigenvalue weighted by Crippen LogP contribution is -2.42. The standard InChI is InChI=1S/C12H17BrN2O6/c1-6-2-9(15(20)21)8(3-7(6)13)14-4-10(17)12(19)11(18)5-16/h2-3,10-12,14,16-19H,4-5H2,1H3/t10-,11-,12+/m1/s1. The van der Waals surface area contributed by atoms with Gasteiger partial charge in [-0.2, -0.15) is 0 Å². The smallest absolute Gasteiger partial charge is 0.292 e. The SMILES string of the molecule is Cc1cc([N+](=O)[O-])c(NC[C@@H](O)[C@H](O)[C@H](O)CO)cc1Br. The Morgan fingerprint density at radius 3 is 2.48 bits per heavy atom. The highest BCUT2D eigenvalue weighted by atomic mass is 79.9. The van der Waals surface area contributed by atoms with Crippen molar-refractivity contribution in [2.45, 2.75) is 25.2 Å². The first kappa shape index (κ1) is 17.8. The van der Waals surface area contributed by atoms with Crippen molar-refractivity contribution in [3.8, 4) is 0 Å². The molecule has 0 amide bonds. The molecule has 0 aliphatic rings. The molecule has 1 aromatic rings. The van der Waals surface area contributed by atoms with Crippen LogP contribution in [0.25, 0.3) is 0 Å². The van der Waals surface area contributed by atoms with Gasteiger partial charge in [-0.05, 0) is 18.6 Å². The van der Waals surface area contributed by atoms with Gasteiger partial charge in [-0.3, -0.25) is 10.1 Å². The summed E-state index contributed by atoms with van der Waals surface area (Å²) >= 11 is 3.25. The van der Waals surface area contributed by atoms with E-state index in [9.17, 15) is 25.4 Å². The van der Waals surface area contributed by atoms with Crippen LogP contribution >= 0.6 is 15.9 Å². The summed E-state index contributed by atoms with van der Waals surface area (Å²) in [5.41, 5.74) is 0.686. The van der Waals surface area contributed by atoms with Crippen molar-refractivity contribution >= 4 is 27.3 Å². The molecule has 9 heteroatoms. The van der Waals surface area contributed by atoms with Gasteiger partial charge in [-0.25, -0.2) is 0 Å². The van der Waals surface area contributed by atoms with Crippen molar-refractivity contribution in [2.75, 3.05) is 18.5 Å². The van der Waals surface area contributed by atoms with Gasteiger partial charge >= 0.3 is 0 Å². The van der Waals surface area contributed by atoms with Gasteiger partial charge < -0.3 is 25.7 Å². The first-order valence-corrected chi connectivity index (χ1v) is 6.90. The molecular formula is C12H17BrN2O6. The Bertz CT molecular complexity index is 513. The van der Waals surface area contributed by atoms with Crippen LogP contribution in [0.15, 0.2) is 16.6 Å². The molecule has 0 heterocycles. The average Bonchev–Trinajstić information content (AvgIpc) is 2.45. The van der Waals surface area contributed by atoms with E-state index in [4.69, 9.17) is 5.11 Å². The Kier molecular flexibility index (Phi) is 6.49. The van der Waals surface area contributed by atoms with Crippen LogP contribution < -0.4 is 5.32 Å². The van der Waals surface area contributed by atoms with Crippen molar-refractivity contribution < 1.29 is 25.3 Å². The maximum absolute atomic E-state index is 11.0. The van der Waals surface area contributed by atoms with E-state index in [2.05, 4.69) is 21.2 Å². The molecule has 0 aromatic heterocycles. The molecule has 1 rings (SSSR count). The molecule has 0 fully saturated rings. The highest BCUT2D eigenvalue weighted by Gasteiger charge is 2.25. The Balaban J connectivity index is 2.84. The lowest BCUT2D eigenvalue weighted by atomic mass is 10.1. The predicted molar refractivity (Wildman–Crippen MR) is 79.1 cm³/mol. The third kappa shape index (κ3) is 4.61. The fourth-order valence-electron chi connectivity index (χ4n) is 1.66. The monoisotopic (exact) mass is 364 g/mol. The number of anilines is 1. The zero-order valence-electron chi connectivity index (χ0n) is 11.2. The van der Waals surface area contributed by atoms with Gasteiger partial charge in [0.05, 0.1) is 17.6 Å². The predicted octanol–water partition coefficient (Wildman–Crippen LogP) is 0.153. The van der Waals surface area contributed by atoms with Crippen LogP contribution in [0.5, 0.6) is 0 Å². The Hall–Kier alpha value is -1.26. The molecule has 21 heavy (non-hydrogen) atoms. The molecule has 5 N–H and O–H groups in total. The first-order chi connectivity index (χ1) is 9.77. The van der Waals surface area contributed by atoms with Crippen LogP contribution in [-0.2, 0) is 0 Å². The molecule has 0 bridgehead atoms. The van der Waals surface area contributed by atoms with E-state index in [1.807, 2.05) is 0 Å². The number of benzene rings is 1. The molecule has 0 aliphatic heterocycles. The minimum Gasteiger partial charge on any atom is -0.394 e. The summed E-state index contributed by atoms with van der Waals surface area (Å²) in [5, 5.41) is 50.7. The number of halogens is 1. The van der Waals surface area contributed by atoms with Crippen molar-refractivity contribution in [1.29, 1.82) is 0 Å². The Morgan fingerprint density at radius 1 is 1.33 bits per heavy atom. The number of aliphatic hydroxyl groups is 4. The van der Waals surface area contributed by atoms with Crippen LogP contribution in [0.1, 0.15) is 5.56 Å². The Morgan fingerprint density at radius 2 is 1.95 bits per heavy atom. The number of nitrogens with one attached hydrogen (secondary N) is 1. The second-order valence-corrected chi connectivity index (χ2v) is 5.42. The molecule has 118 valence electrons. The van der Waals surface area contributed by atoms with Gasteiger partial charge in [-0.15, -0.1) is 0 Å². The fraction of sp³-hybridized carbons (Fsp3) is 0.500. The summed E-state index contributed by atoms with van der Waals surface area (Å²) in [4.78, 5) is 10.4. The number of rotatable bonds is 7. The van der Waals surface area contributed by atoms with Crippen molar-refractivity contribution in [3.05, 3.63) is 32.3 Å². The zero-order valence-corrected chi connectivity index (χ0v) is 12.8. The molecular weight excluding hydrogens is 348 g/mol. The summed E-state index contributed by atoms with van der Waals surface area (Å²) < 4.78 is 0.654.